The Morgan fingerprint density at radius 3 is 2.90 bits per heavy atom. The van der Waals surface area contributed by atoms with Crippen LogP contribution < -0.4 is 4.90 Å². The summed E-state index contributed by atoms with van der Waals surface area (Å²) in [4.78, 5) is 11.4. The first-order chi connectivity index (χ1) is 14.4. The Balaban J connectivity index is 1.59. The second kappa shape index (κ2) is 7.28. The predicted octanol–water partition coefficient (Wildman–Crippen LogP) is 4.62. The molecule has 3 aromatic heterocycles. The lowest BCUT2D eigenvalue weighted by Crippen LogP contribution is -2.20. The highest BCUT2D eigenvalue weighted by Gasteiger charge is 2.23. The molecule has 0 spiro atoms. The van der Waals surface area contributed by atoms with Gasteiger partial charge in [-0.1, -0.05) is 11.6 Å². The molecule has 4 aromatic rings. The van der Waals surface area contributed by atoms with Gasteiger partial charge in [0, 0.05) is 47.9 Å². The third-order valence-corrected chi connectivity index (χ3v) is 6.91. The van der Waals surface area contributed by atoms with Crippen LogP contribution >= 0.6 is 23.4 Å². The molecule has 1 atom stereocenters. The van der Waals surface area contributed by atoms with Crippen molar-refractivity contribution in [3.05, 3.63) is 41.4 Å². The molecule has 30 heavy (non-hydrogen) atoms. The molecule has 0 bridgehead atoms. The number of aromatic hydroxyl groups is 1. The van der Waals surface area contributed by atoms with E-state index in [0.29, 0.717) is 27.0 Å². The minimum atomic E-state index is -0.776. The number of halogens is 2. The molecular formula is C21H19ClFN5OS. The predicted molar refractivity (Wildman–Crippen MR) is 120 cm³/mol. The number of phenols is 1. The first-order valence-electron chi connectivity index (χ1n) is 9.54. The van der Waals surface area contributed by atoms with Crippen molar-refractivity contribution in [1.29, 1.82) is 0 Å². The van der Waals surface area contributed by atoms with Crippen molar-refractivity contribution in [3.63, 3.8) is 0 Å². The van der Waals surface area contributed by atoms with E-state index in [-0.39, 0.29) is 11.1 Å². The summed E-state index contributed by atoms with van der Waals surface area (Å²) in [7, 11) is 1.70. The molecule has 0 radical (unpaired) electrons. The Hall–Kier alpha value is -2.58. The maximum atomic E-state index is 14.6. The van der Waals surface area contributed by atoms with Crippen LogP contribution in [0.1, 0.15) is 6.42 Å². The van der Waals surface area contributed by atoms with Crippen LogP contribution in [-0.4, -0.2) is 49.5 Å². The molecule has 0 amide bonds. The SMILES string of the molecule is CS[C@@H]1CCN(c2cnc3nc(-c4cc5cn(C)nc5c(F)c4O)cc(Cl)c3c2)C1. The molecule has 9 heteroatoms. The van der Waals surface area contributed by atoms with Gasteiger partial charge in [-0.3, -0.25) is 4.68 Å². The van der Waals surface area contributed by atoms with Gasteiger partial charge in [0.1, 0.15) is 5.52 Å². The van der Waals surface area contributed by atoms with E-state index in [1.165, 1.54) is 4.68 Å². The van der Waals surface area contributed by atoms with E-state index < -0.39 is 11.6 Å². The van der Waals surface area contributed by atoms with Gasteiger partial charge >= 0.3 is 0 Å². The molecule has 1 aliphatic heterocycles. The number of fused-ring (bicyclic) bond motifs is 2. The fourth-order valence-corrected chi connectivity index (χ4v) is 4.87. The zero-order chi connectivity index (χ0) is 21.0. The topological polar surface area (TPSA) is 67.1 Å². The summed E-state index contributed by atoms with van der Waals surface area (Å²) < 4.78 is 16.2. The number of rotatable bonds is 3. The number of thioether (sulfide) groups is 1. The van der Waals surface area contributed by atoms with Gasteiger partial charge in [0.25, 0.3) is 0 Å². The van der Waals surface area contributed by atoms with Gasteiger partial charge in [0.05, 0.1) is 22.6 Å². The second-order valence-electron chi connectivity index (χ2n) is 7.47. The molecule has 1 fully saturated rings. The third-order valence-electron chi connectivity index (χ3n) is 5.55. The zero-order valence-corrected chi connectivity index (χ0v) is 18.0. The van der Waals surface area contributed by atoms with Crippen molar-refractivity contribution >= 4 is 51.0 Å². The van der Waals surface area contributed by atoms with Crippen molar-refractivity contribution in [1.82, 2.24) is 19.7 Å². The summed E-state index contributed by atoms with van der Waals surface area (Å²) in [6.45, 7) is 1.97. The molecule has 0 unspecified atom stereocenters. The van der Waals surface area contributed by atoms with Crippen molar-refractivity contribution in [2.24, 2.45) is 7.05 Å². The lowest BCUT2D eigenvalue weighted by Gasteiger charge is -2.18. The van der Waals surface area contributed by atoms with Gasteiger partial charge < -0.3 is 10.0 Å². The van der Waals surface area contributed by atoms with Crippen molar-refractivity contribution in [2.45, 2.75) is 11.7 Å². The number of anilines is 1. The molecule has 1 aliphatic rings. The summed E-state index contributed by atoms with van der Waals surface area (Å²) in [5, 5.41) is 16.8. The molecule has 4 heterocycles. The molecule has 0 saturated carbocycles. The van der Waals surface area contributed by atoms with Crippen LogP contribution in [0.15, 0.2) is 30.6 Å². The number of nitrogens with zero attached hydrogens (tertiary/aromatic N) is 5. The average molecular weight is 444 g/mol. The summed E-state index contributed by atoms with van der Waals surface area (Å²) in [5.41, 5.74) is 2.19. The number of benzene rings is 1. The molecule has 1 saturated heterocycles. The van der Waals surface area contributed by atoms with Gasteiger partial charge in [0.2, 0.25) is 0 Å². The fourth-order valence-electron chi connectivity index (χ4n) is 3.95. The highest BCUT2D eigenvalue weighted by molar-refractivity contribution is 7.99. The van der Waals surface area contributed by atoms with E-state index in [9.17, 15) is 9.50 Å². The summed E-state index contributed by atoms with van der Waals surface area (Å²) in [6, 6.07) is 5.29. The number of aryl methyl sites for hydroxylation is 1. The van der Waals surface area contributed by atoms with Gasteiger partial charge in [-0.25, -0.2) is 14.4 Å². The Labute approximate surface area is 181 Å². The van der Waals surface area contributed by atoms with Crippen molar-refractivity contribution in [2.75, 3.05) is 24.2 Å². The smallest absolute Gasteiger partial charge is 0.193 e. The number of hydrogen-bond acceptors (Lipinski definition) is 6. The highest BCUT2D eigenvalue weighted by atomic mass is 35.5. The maximum Gasteiger partial charge on any atom is 0.193 e. The van der Waals surface area contributed by atoms with Gasteiger partial charge in [-0.05, 0) is 30.9 Å². The molecule has 154 valence electrons. The van der Waals surface area contributed by atoms with Gasteiger partial charge in [-0.2, -0.15) is 16.9 Å². The van der Waals surface area contributed by atoms with Crippen LogP contribution in [-0.2, 0) is 7.05 Å². The third kappa shape index (κ3) is 3.15. The van der Waals surface area contributed by atoms with E-state index in [1.54, 1.807) is 31.6 Å². The molecule has 0 aliphatic carbocycles. The maximum absolute atomic E-state index is 14.6. The quantitative estimate of drug-likeness (QED) is 0.498. The lowest BCUT2D eigenvalue weighted by molar-refractivity contribution is 0.437. The number of hydrogen-bond donors (Lipinski definition) is 1. The Morgan fingerprint density at radius 2 is 2.13 bits per heavy atom. The average Bonchev–Trinajstić information content (AvgIpc) is 3.36. The van der Waals surface area contributed by atoms with Crippen LogP contribution in [0.25, 0.3) is 33.2 Å². The van der Waals surface area contributed by atoms with Crippen LogP contribution in [0.5, 0.6) is 5.75 Å². The fraction of sp³-hybridized carbons (Fsp3) is 0.286. The van der Waals surface area contributed by atoms with E-state index in [0.717, 1.165) is 30.6 Å². The number of aromatic nitrogens is 4. The normalized spacial score (nSPS) is 16.8. The Kier molecular flexibility index (Phi) is 4.71. The Bertz CT molecular complexity index is 1290. The van der Waals surface area contributed by atoms with Crippen LogP contribution in [0.4, 0.5) is 10.1 Å². The number of phenolic OH excluding ortho intramolecular Hbond substituents is 1. The van der Waals surface area contributed by atoms with Gasteiger partial charge in [0.15, 0.2) is 17.2 Å². The highest BCUT2D eigenvalue weighted by Crippen LogP contribution is 2.38. The minimum Gasteiger partial charge on any atom is -0.504 e. The Morgan fingerprint density at radius 1 is 1.30 bits per heavy atom. The van der Waals surface area contributed by atoms with E-state index >= 15 is 0 Å². The first-order valence-corrected chi connectivity index (χ1v) is 11.2. The standard InChI is InChI=1S/C21H19ClFN5OS/c1-27-9-11-5-15(20(29)18(23)19(11)26-27)17-7-16(22)14-6-12(8-24-21(14)25-17)28-4-3-13(10-28)30-2/h5-9,13,29H,3-4,10H2,1-2H3/t13-/m1/s1. The lowest BCUT2D eigenvalue weighted by atomic mass is 10.1. The summed E-state index contributed by atoms with van der Waals surface area (Å²) in [6.07, 6.45) is 6.76. The number of pyridine rings is 2. The molecule has 1 aromatic carbocycles. The molecule has 6 nitrogen and oxygen atoms in total. The minimum absolute atomic E-state index is 0.113. The van der Waals surface area contributed by atoms with Crippen molar-refractivity contribution in [3.8, 4) is 17.0 Å². The largest absolute Gasteiger partial charge is 0.504 e. The van der Waals surface area contributed by atoms with Crippen molar-refractivity contribution < 1.29 is 9.50 Å². The van der Waals surface area contributed by atoms with Crippen LogP contribution in [0, 0.1) is 5.82 Å². The first kappa shape index (κ1) is 19.4. The molecular weight excluding hydrogens is 425 g/mol. The van der Waals surface area contributed by atoms with Crippen LogP contribution in [0.2, 0.25) is 5.02 Å². The van der Waals surface area contributed by atoms with Gasteiger partial charge in [-0.15, -0.1) is 0 Å². The van der Waals surface area contributed by atoms with E-state index in [4.69, 9.17) is 11.6 Å². The molecule has 5 rings (SSSR count). The van der Waals surface area contributed by atoms with E-state index in [1.807, 2.05) is 17.8 Å². The second-order valence-corrected chi connectivity index (χ2v) is 9.02. The zero-order valence-electron chi connectivity index (χ0n) is 16.4. The summed E-state index contributed by atoms with van der Waals surface area (Å²) >= 11 is 8.45. The summed E-state index contributed by atoms with van der Waals surface area (Å²) in [5.74, 6) is -1.28. The van der Waals surface area contributed by atoms with E-state index in [2.05, 4.69) is 26.2 Å². The monoisotopic (exact) mass is 443 g/mol. The molecule has 1 N–H and O–H groups in total. The van der Waals surface area contributed by atoms with Crippen LogP contribution in [0.3, 0.4) is 0 Å².